The molecular weight excluding hydrogens is 296 g/mol. The van der Waals surface area contributed by atoms with Crippen LogP contribution in [0.4, 0.5) is 5.69 Å². The number of piperidine rings is 1. The van der Waals surface area contributed by atoms with Gasteiger partial charge >= 0.3 is 0 Å². The molecule has 112 valence electrons. The van der Waals surface area contributed by atoms with E-state index in [1.807, 2.05) is 37.3 Å². The van der Waals surface area contributed by atoms with Crippen molar-refractivity contribution in [2.45, 2.75) is 13.0 Å². The Morgan fingerprint density at radius 3 is 2.41 bits per heavy atom. The number of benzene rings is 1. The highest BCUT2D eigenvalue weighted by molar-refractivity contribution is 7.80. The summed E-state index contributed by atoms with van der Waals surface area (Å²) in [6, 6.07) is 9.08. The molecule has 4 atom stereocenters. The first-order chi connectivity index (χ1) is 10.6. The van der Waals surface area contributed by atoms with E-state index in [-0.39, 0.29) is 35.6 Å². The smallest absolute Gasteiger partial charge is 0.240 e. The number of anilines is 1. The van der Waals surface area contributed by atoms with Gasteiger partial charge in [-0.1, -0.05) is 42.6 Å². The van der Waals surface area contributed by atoms with E-state index >= 15 is 0 Å². The summed E-state index contributed by atoms with van der Waals surface area (Å²) in [5.74, 6) is -0.984. The molecule has 22 heavy (non-hydrogen) atoms. The van der Waals surface area contributed by atoms with Gasteiger partial charge in [0.2, 0.25) is 11.8 Å². The summed E-state index contributed by atoms with van der Waals surface area (Å²) >= 11 is 5.54. The molecular formula is C17H16N2O2S. The Kier molecular flexibility index (Phi) is 2.94. The number of carbonyl (C=O) groups excluding carboxylic acids is 2. The number of hydrogen-bond acceptors (Lipinski definition) is 3. The molecule has 1 aliphatic carbocycles. The highest BCUT2D eigenvalue weighted by Crippen LogP contribution is 2.47. The monoisotopic (exact) mass is 312 g/mol. The van der Waals surface area contributed by atoms with Crippen molar-refractivity contribution in [3.63, 3.8) is 0 Å². The molecule has 0 aromatic heterocycles. The van der Waals surface area contributed by atoms with Gasteiger partial charge in [-0.25, -0.2) is 4.90 Å². The van der Waals surface area contributed by atoms with Crippen LogP contribution in [0, 0.1) is 17.8 Å². The van der Waals surface area contributed by atoms with Crippen molar-refractivity contribution in [2.75, 3.05) is 11.4 Å². The molecule has 0 unspecified atom stereocenters. The van der Waals surface area contributed by atoms with Gasteiger partial charge in [0.1, 0.15) is 0 Å². The molecule has 0 N–H and O–H groups in total. The molecule has 1 aromatic rings. The lowest BCUT2D eigenvalue weighted by molar-refractivity contribution is -0.122. The fraction of sp³-hybridized carbons (Fsp3) is 0.353. The van der Waals surface area contributed by atoms with E-state index in [0.717, 1.165) is 11.5 Å². The van der Waals surface area contributed by atoms with Gasteiger partial charge in [-0.05, 0) is 19.1 Å². The van der Waals surface area contributed by atoms with Crippen LogP contribution in [0.25, 0.3) is 0 Å². The van der Waals surface area contributed by atoms with E-state index in [1.54, 1.807) is 12.1 Å². The predicted octanol–water partition coefficient (Wildman–Crippen LogP) is 2.01. The standard InChI is InChI=1S/C17H16N2O2S/c1-2-18-12-9-8-11(17(18)22)13-14(12)16(21)19(15(13)20)10-6-4-3-5-7-10/h3-9,11-14H,2H2,1H3/t11-,12+,13+,14-/m0/s1. The summed E-state index contributed by atoms with van der Waals surface area (Å²) in [6.07, 6.45) is 4.06. The number of rotatable bonds is 2. The van der Waals surface area contributed by atoms with Crippen LogP contribution in [0.5, 0.6) is 0 Å². The Labute approximate surface area is 134 Å². The van der Waals surface area contributed by atoms with E-state index < -0.39 is 0 Å². The van der Waals surface area contributed by atoms with Crippen LogP contribution < -0.4 is 4.90 Å². The van der Waals surface area contributed by atoms with E-state index in [2.05, 4.69) is 4.90 Å². The number of fused-ring (bicyclic) bond motifs is 1. The molecule has 2 bridgehead atoms. The van der Waals surface area contributed by atoms with Crippen molar-refractivity contribution in [3.8, 4) is 0 Å². The molecule has 0 saturated carbocycles. The molecule has 1 aromatic carbocycles. The highest BCUT2D eigenvalue weighted by Gasteiger charge is 2.60. The maximum Gasteiger partial charge on any atom is 0.240 e. The van der Waals surface area contributed by atoms with E-state index in [9.17, 15) is 9.59 Å². The Bertz CT molecular complexity index is 700. The maximum atomic E-state index is 12.9. The third kappa shape index (κ3) is 1.60. The molecule has 2 saturated heterocycles. The second-order valence-corrected chi connectivity index (χ2v) is 6.34. The zero-order valence-electron chi connectivity index (χ0n) is 12.2. The largest absolute Gasteiger partial charge is 0.359 e. The number of likely N-dealkylation sites (N-methyl/N-ethyl adjacent to an activating group) is 1. The minimum atomic E-state index is -0.335. The zero-order valence-corrected chi connectivity index (χ0v) is 13.0. The normalized spacial score (nSPS) is 32.9. The molecule has 3 heterocycles. The number of nitrogens with zero attached hydrogens (tertiary/aromatic N) is 2. The zero-order chi connectivity index (χ0) is 15.4. The number of amides is 2. The molecule has 0 spiro atoms. The van der Waals surface area contributed by atoms with Crippen molar-refractivity contribution in [1.29, 1.82) is 0 Å². The van der Waals surface area contributed by atoms with Crippen LogP contribution in [-0.4, -0.2) is 34.3 Å². The number of imide groups is 1. The minimum Gasteiger partial charge on any atom is -0.359 e. The lowest BCUT2D eigenvalue weighted by Crippen LogP contribution is -2.58. The molecule has 4 aliphatic rings. The fourth-order valence-electron chi connectivity index (χ4n) is 3.99. The van der Waals surface area contributed by atoms with Gasteiger partial charge in [-0.3, -0.25) is 9.59 Å². The van der Waals surface area contributed by atoms with Gasteiger partial charge in [0.05, 0.1) is 28.6 Å². The summed E-state index contributed by atoms with van der Waals surface area (Å²) in [7, 11) is 0. The van der Waals surface area contributed by atoms with Crippen LogP contribution >= 0.6 is 12.2 Å². The number of para-hydroxylation sites is 1. The lowest BCUT2D eigenvalue weighted by atomic mass is 9.70. The van der Waals surface area contributed by atoms with Crippen LogP contribution in [0.15, 0.2) is 42.5 Å². The van der Waals surface area contributed by atoms with Crippen LogP contribution in [0.3, 0.4) is 0 Å². The first-order valence-electron chi connectivity index (χ1n) is 7.57. The molecule has 5 heteroatoms. The van der Waals surface area contributed by atoms with Gasteiger partial charge in [-0.15, -0.1) is 0 Å². The van der Waals surface area contributed by atoms with Crippen molar-refractivity contribution >= 4 is 34.7 Å². The van der Waals surface area contributed by atoms with Gasteiger partial charge < -0.3 is 4.90 Å². The van der Waals surface area contributed by atoms with Gasteiger partial charge in [0, 0.05) is 12.5 Å². The summed E-state index contributed by atoms with van der Waals surface area (Å²) in [6.45, 7) is 2.80. The molecule has 2 fully saturated rings. The third-order valence-corrected chi connectivity index (χ3v) is 5.46. The number of thiocarbonyl (C=S) groups is 1. The summed E-state index contributed by atoms with van der Waals surface area (Å²) in [5.41, 5.74) is 0.653. The minimum absolute atomic E-state index is 0.0855. The number of carbonyl (C=O) groups is 2. The maximum absolute atomic E-state index is 12.9. The summed E-state index contributed by atoms with van der Waals surface area (Å²) in [4.78, 5) is 30.0. The molecule has 5 rings (SSSR count). The van der Waals surface area contributed by atoms with Crippen molar-refractivity contribution in [3.05, 3.63) is 42.5 Å². The Balaban J connectivity index is 1.79. The summed E-state index contributed by atoms with van der Waals surface area (Å²) in [5, 5.41) is 0. The second-order valence-electron chi connectivity index (χ2n) is 5.92. The molecule has 2 amide bonds. The average molecular weight is 312 g/mol. The van der Waals surface area contributed by atoms with Crippen LogP contribution in [-0.2, 0) is 9.59 Å². The van der Waals surface area contributed by atoms with Crippen molar-refractivity contribution in [2.24, 2.45) is 17.8 Å². The van der Waals surface area contributed by atoms with Crippen molar-refractivity contribution in [1.82, 2.24) is 4.90 Å². The average Bonchev–Trinajstić information content (AvgIpc) is 2.82. The van der Waals surface area contributed by atoms with Gasteiger partial charge in [-0.2, -0.15) is 0 Å². The Morgan fingerprint density at radius 1 is 1.05 bits per heavy atom. The number of hydrogen-bond donors (Lipinski definition) is 0. The molecule has 3 aliphatic heterocycles. The quantitative estimate of drug-likeness (QED) is 0.476. The Hall–Kier alpha value is -2.01. The Morgan fingerprint density at radius 2 is 1.73 bits per heavy atom. The SMILES string of the molecule is CCN1C(=S)[C@H]2C=C[C@@H]1[C@@H]1C(=O)N(c3ccccc3)C(=O)[C@@H]12. The first kappa shape index (κ1) is 13.6. The molecule has 4 nitrogen and oxygen atoms in total. The summed E-state index contributed by atoms with van der Waals surface area (Å²) < 4.78 is 0. The lowest BCUT2D eigenvalue weighted by Gasteiger charge is -2.47. The van der Waals surface area contributed by atoms with Crippen LogP contribution in [0.2, 0.25) is 0 Å². The van der Waals surface area contributed by atoms with Crippen LogP contribution in [0.1, 0.15) is 6.92 Å². The topological polar surface area (TPSA) is 40.6 Å². The second kappa shape index (κ2) is 4.74. The van der Waals surface area contributed by atoms with Gasteiger partial charge in [0.15, 0.2) is 0 Å². The van der Waals surface area contributed by atoms with E-state index in [1.165, 1.54) is 4.90 Å². The predicted molar refractivity (Wildman–Crippen MR) is 87.3 cm³/mol. The molecule has 0 radical (unpaired) electrons. The highest BCUT2D eigenvalue weighted by atomic mass is 32.1. The van der Waals surface area contributed by atoms with Gasteiger partial charge in [0.25, 0.3) is 0 Å². The fourth-order valence-corrected chi connectivity index (χ4v) is 4.47. The van der Waals surface area contributed by atoms with E-state index in [4.69, 9.17) is 12.2 Å². The van der Waals surface area contributed by atoms with E-state index in [0.29, 0.717) is 5.69 Å². The van der Waals surface area contributed by atoms with Crippen molar-refractivity contribution < 1.29 is 9.59 Å². The first-order valence-corrected chi connectivity index (χ1v) is 7.97. The third-order valence-electron chi connectivity index (χ3n) is 4.95.